The first kappa shape index (κ1) is 17.0. The smallest absolute Gasteiger partial charge is 0.408 e. The highest BCUT2D eigenvalue weighted by molar-refractivity contribution is 5.71. The molecule has 0 aliphatic carbocycles. The van der Waals surface area contributed by atoms with Gasteiger partial charge in [-0.05, 0) is 29.8 Å². The summed E-state index contributed by atoms with van der Waals surface area (Å²) in [4.78, 5) is 19.3. The normalized spacial score (nSPS) is 18.9. The van der Waals surface area contributed by atoms with Crippen molar-refractivity contribution in [2.24, 2.45) is 0 Å². The van der Waals surface area contributed by atoms with E-state index in [0.717, 1.165) is 6.20 Å². The van der Waals surface area contributed by atoms with Crippen LogP contribution in [0.3, 0.4) is 0 Å². The molecule has 2 aromatic heterocycles. The van der Waals surface area contributed by atoms with E-state index in [1.54, 1.807) is 0 Å². The second-order valence-electron chi connectivity index (χ2n) is 6.00. The molecule has 1 fully saturated rings. The molecule has 1 saturated heterocycles. The van der Waals surface area contributed by atoms with Gasteiger partial charge in [0.15, 0.2) is 6.10 Å². The summed E-state index contributed by atoms with van der Waals surface area (Å²) in [6, 6.07) is 7.18. The fourth-order valence-electron chi connectivity index (χ4n) is 2.98. The second kappa shape index (κ2) is 6.71. The highest BCUT2D eigenvalue weighted by atomic mass is 19.1. The Morgan fingerprint density at radius 3 is 2.41 bits per heavy atom. The molecule has 3 aromatic rings. The van der Waals surface area contributed by atoms with E-state index in [-0.39, 0.29) is 5.56 Å². The summed E-state index contributed by atoms with van der Waals surface area (Å²) >= 11 is 0. The Kier molecular flexibility index (Phi) is 4.23. The first-order chi connectivity index (χ1) is 13.0. The number of cyclic esters (lactones) is 1. The van der Waals surface area contributed by atoms with Gasteiger partial charge in [-0.3, -0.25) is 4.98 Å². The first-order valence-corrected chi connectivity index (χ1v) is 8.00. The number of aromatic nitrogens is 2. The molecule has 0 saturated carbocycles. The molecule has 1 aliphatic heterocycles. The van der Waals surface area contributed by atoms with Gasteiger partial charge in [0.1, 0.15) is 17.7 Å². The molecule has 0 radical (unpaired) electrons. The molecule has 1 aliphatic rings. The van der Waals surface area contributed by atoms with Crippen LogP contribution in [0.25, 0.3) is 11.1 Å². The fourth-order valence-corrected chi connectivity index (χ4v) is 2.98. The minimum absolute atomic E-state index is 0.0666. The maximum Gasteiger partial charge on any atom is 0.408 e. The number of alkyl carbamates (subject to hydrolysis) is 1. The molecule has 1 N–H and O–H groups in total. The molecule has 1 aromatic carbocycles. The lowest BCUT2D eigenvalue weighted by Gasteiger charge is -2.18. The number of carbonyl (C=O) groups is 1. The lowest BCUT2D eigenvalue weighted by atomic mass is 9.95. The van der Waals surface area contributed by atoms with Gasteiger partial charge < -0.3 is 10.1 Å². The molecule has 3 heterocycles. The Hall–Kier alpha value is -3.42. The van der Waals surface area contributed by atoms with Crippen LogP contribution in [-0.4, -0.2) is 16.1 Å². The van der Waals surface area contributed by atoms with Crippen molar-refractivity contribution in [3.63, 3.8) is 0 Å². The second-order valence-corrected chi connectivity index (χ2v) is 6.00. The topological polar surface area (TPSA) is 64.1 Å². The van der Waals surface area contributed by atoms with Crippen LogP contribution in [-0.2, 0) is 4.74 Å². The number of hydrogen-bond acceptors (Lipinski definition) is 4. The highest BCUT2D eigenvalue weighted by Gasteiger charge is 2.38. The van der Waals surface area contributed by atoms with E-state index in [9.17, 15) is 18.0 Å². The van der Waals surface area contributed by atoms with Crippen LogP contribution in [0.15, 0.2) is 55.0 Å². The zero-order valence-corrected chi connectivity index (χ0v) is 13.7. The van der Waals surface area contributed by atoms with Crippen molar-refractivity contribution >= 4 is 6.09 Å². The van der Waals surface area contributed by atoms with Gasteiger partial charge in [-0.1, -0.05) is 12.1 Å². The predicted molar refractivity (Wildman–Crippen MR) is 88.9 cm³/mol. The van der Waals surface area contributed by atoms with Crippen molar-refractivity contribution in [2.75, 3.05) is 0 Å². The maximum absolute atomic E-state index is 14.4. The molecule has 4 rings (SSSR count). The molecule has 2 atom stereocenters. The molecule has 5 nitrogen and oxygen atoms in total. The van der Waals surface area contributed by atoms with Crippen molar-refractivity contribution in [3.8, 4) is 11.1 Å². The van der Waals surface area contributed by atoms with Crippen LogP contribution in [0.4, 0.5) is 18.0 Å². The third kappa shape index (κ3) is 3.33. The minimum atomic E-state index is -0.878. The van der Waals surface area contributed by atoms with Crippen molar-refractivity contribution < 1.29 is 22.7 Å². The Balaban J connectivity index is 1.75. The van der Waals surface area contributed by atoms with E-state index in [4.69, 9.17) is 4.74 Å². The maximum atomic E-state index is 14.4. The van der Waals surface area contributed by atoms with E-state index < -0.39 is 35.8 Å². The van der Waals surface area contributed by atoms with Gasteiger partial charge in [-0.25, -0.2) is 18.6 Å². The summed E-state index contributed by atoms with van der Waals surface area (Å²) < 4.78 is 46.3. The number of benzene rings is 1. The van der Waals surface area contributed by atoms with E-state index >= 15 is 0 Å². The molecule has 0 unspecified atom stereocenters. The molecule has 1 amide bonds. The Bertz CT molecular complexity index is 1010. The van der Waals surface area contributed by atoms with Crippen LogP contribution in [0.2, 0.25) is 0 Å². The molecule has 0 spiro atoms. The van der Waals surface area contributed by atoms with Crippen LogP contribution < -0.4 is 5.32 Å². The Morgan fingerprint density at radius 1 is 0.926 bits per heavy atom. The summed E-state index contributed by atoms with van der Waals surface area (Å²) in [6.07, 6.45) is 2.13. The number of nitrogens with zero attached hydrogens (tertiary/aromatic N) is 2. The highest BCUT2D eigenvalue weighted by Crippen LogP contribution is 2.38. The summed E-state index contributed by atoms with van der Waals surface area (Å²) in [7, 11) is 0. The summed E-state index contributed by atoms with van der Waals surface area (Å²) in [6.45, 7) is 0. The fraction of sp³-hybridized carbons (Fsp3) is 0.105. The molecule has 136 valence electrons. The largest absolute Gasteiger partial charge is 0.439 e. The SMILES string of the molecule is O=C1N[C@H](c2cc(-c3cncc(F)c3)cnc2F)[C@@H](c2ccc(F)cc2)O1. The van der Waals surface area contributed by atoms with Crippen molar-refractivity contribution in [3.05, 3.63) is 83.7 Å². The van der Waals surface area contributed by atoms with E-state index in [0.29, 0.717) is 16.7 Å². The first-order valence-electron chi connectivity index (χ1n) is 8.00. The monoisotopic (exact) mass is 371 g/mol. The van der Waals surface area contributed by atoms with Crippen molar-refractivity contribution in [1.82, 2.24) is 15.3 Å². The average molecular weight is 371 g/mol. The summed E-state index contributed by atoms with van der Waals surface area (Å²) in [5.41, 5.74) is 1.40. The molecular weight excluding hydrogens is 359 g/mol. The Morgan fingerprint density at radius 2 is 1.67 bits per heavy atom. The van der Waals surface area contributed by atoms with Gasteiger partial charge in [0.05, 0.1) is 6.20 Å². The van der Waals surface area contributed by atoms with Crippen LogP contribution >= 0.6 is 0 Å². The standard InChI is InChI=1S/C19H12F3N3O2/c20-13-3-1-10(2-4-13)17-16(25-19(26)27-17)15-6-12(8-24-18(15)22)11-5-14(21)9-23-7-11/h1-9,16-17H,(H,25,26)/t16-,17-/m1/s1. The zero-order valence-electron chi connectivity index (χ0n) is 13.7. The molecule has 0 bridgehead atoms. The average Bonchev–Trinajstić information content (AvgIpc) is 3.04. The lowest BCUT2D eigenvalue weighted by Crippen LogP contribution is -2.21. The number of carbonyl (C=O) groups excluding carboxylic acids is 1. The third-order valence-electron chi connectivity index (χ3n) is 4.25. The van der Waals surface area contributed by atoms with Crippen LogP contribution in [0.1, 0.15) is 23.3 Å². The van der Waals surface area contributed by atoms with Gasteiger partial charge in [0.25, 0.3) is 0 Å². The van der Waals surface area contributed by atoms with E-state index in [1.807, 2.05) is 0 Å². The van der Waals surface area contributed by atoms with Gasteiger partial charge in [0, 0.05) is 29.1 Å². The van der Waals surface area contributed by atoms with Crippen LogP contribution in [0.5, 0.6) is 0 Å². The van der Waals surface area contributed by atoms with Gasteiger partial charge in [0.2, 0.25) is 5.95 Å². The van der Waals surface area contributed by atoms with Gasteiger partial charge in [-0.2, -0.15) is 4.39 Å². The lowest BCUT2D eigenvalue weighted by molar-refractivity contribution is 0.131. The number of ether oxygens (including phenoxy) is 1. The number of halogens is 3. The quantitative estimate of drug-likeness (QED) is 0.705. The number of amides is 1. The molecule has 27 heavy (non-hydrogen) atoms. The van der Waals surface area contributed by atoms with Crippen LogP contribution in [0, 0.1) is 17.6 Å². The summed E-state index contributed by atoms with van der Waals surface area (Å²) in [5, 5.41) is 2.54. The third-order valence-corrected chi connectivity index (χ3v) is 4.25. The number of hydrogen-bond donors (Lipinski definition) is 1. The Labute approximate surface area is 151 Å². The number of rotatable bonds is 3. The van der Waals surface area contributed by atoms with Crippen molar-refractivity contribution in [2.45, 2.75) is 12.1 Å². The van der Waals surface area contributed by atoms with Crippen molar-refractivity contribution in [1.29, 1.82) is 0 Å². The summed E-state index contributed by atoms with van der Waals surface area (Å²) in [5.74, 6) is -1.79. The molecular formula is C19H12F3N3O2. The zero-order chi connectivity index (χ0) is 19.0. The van der Waals surface area contributed by atoms with E-state index in [2.05, 4.69) is 15.3 Å². The van der Waals surface area contributed by atoms with Gasteiger partial charge in [-0.15, -0.1) is 0 Å². The molecule has 8 heteroatoms. The number of pyridine rings is 2. The van der Waals surface area contributed by atoms with Gasteiger partial charge >= 0.3 is 6.09 Å². The minimum Gasteiger partial charge on any atom is -0.439 e. The number of nitrogens with one attached hydrogen (secondary N) is 1. The predicted octanol–water partition coefficient (Wildman–Crippen LogP) is 4.08. The van der Waals surface area contributed by atoms with E-state index in [1.165, 1.54) is 48.8 Å².